The Morgan fingerprint density at radius 3 is 2.29 bits per heavy atom. The molecule has 82 valence electrons. The number of piperidine rings is 1. The average molecular weight is 199 g/mol. The summed E-state index contributed by atoms with van der Waals surface area (Å²) in [5, 5.41) is 9.35. The molecule has 2 rings (SSSR count). The van der Waals surface area contributed by atoms with Crippen LogP contribution in [0.3, 0.4) is 0 Å². The summed E-state index contributed by atoms with van der Waals surface area (Å²) in [6, 6.07) is 0.623. The maximum Gasteiger partial charge on any atom is 0.0510 e. The number of hydrogen-bond donors (Lipinski definition) is 1. The van der Waals surface area contributed by atoms with Crippen molar-refractivity contribution in [3.8, 4) is 0 Å². The summed E-state index contributed by atoms with van der Waals surface area (Å²) in [6.07, 6.45) is 0. The third kappa shape index (κ3) is 1.81. The minimum atomic E-state index is 0.338. The van der Waals surface area contributed by atoms with Gasteiger partial charge in [-0.3, -0.25) is 0 Å². The van der Waals surface area contributed by atoms with Crippen molar-refractivity contribution in [2.24, 2.45) is 17.8 Å². The fourth-order valence-electron chi connectivity index (χ4n) is 2.78. The Kier molecular flexibility index (Phi) is 3.10. The highest BCUT2D eigenvalue weighted by Gasteiger charge is 2.40. The first kappa shape index (κ1) is 10.4. The second kappa shape index (κ2) is 4.17. The molecular weight excluding hydrogens is 178 g/mol. The first-order chi connectivity index (χ1) is 6.72. The van der Waals surface area contributed by atoms with Crippen LogP contribution in [0.15, 0.2) is 0 Å². The molecule has 2 saturated heterocycles. The minimum Gasteiger partial charge on any atom is -0.396 e. The fourth-order valence-corrected chi connectivity index (χ4v) is 2.78. The van der Waals surface area contributed by atoms with E-state index in [-0.39, 0.29) is 0 Å². The van der Waals surface area contributed by atoms with Crippen LogP contribution in [0.5, 0.6) is 0 Å². The smallest absolute Gasteiger partial charge is 0.0510 e. The molecule has 2 unspecified atom stereocenters. The Morgan fingerprint density at radius 1 is 1.29 bits per heavy atom. The van der Waals surface area contributed by atoms with E-state index < -0.39 is 0 Å². The predicted octanol–water partition coefficient (Wildman–Crippen LogP) is 0.582. The van der Waals surface area contributed by atoms with E-state index in [1.807, 2.05) is 0 Å². The molecule has 2 atom stereocenters. The quantitative estimate of drug-likeness (QED) is 0.706. The van der Waals surface area contributed by atoms with Gasteiger partial charge >= 0.3 is 0 Å². The maximum atomic E-state index is 9.35. The average Bonchev–Trinajstić information content (AvgIpc) is 2.15. The highest BCUT2D eigenvalue weighted by Crippen LogP contribution is 2.33. The van der Waals surface area contributed by atoms with Gasteiger partial charge in [0.15, 0.2) is 0 Å². The topological polar surface area (TPSA) is 32.7 Å². The molecule has 2 aliphatic heterocycles. The van der Waals surface area contributed by atoms with E-state index in [0.29, 0.717) is 30.4 Å². The van der Waals surface area contributed by atoms with Crippen LogP contribution in [0.25, 0.3) is 0 Å². The number of aliphatic hydroxyl groups is 1. The molecule has 0 saturated carbocycles. The number of nitrogens with zero attached hydrogens (tertiary/aromatic N) is 1. The van der Waals surface area contributed by atoms with Crippen LogP contribution in [0, 0.1) is 17.8 Å². The molecule has 14 heavy (non-hydrogen) atoms. The highest BCUT2D eigenvalue weighted by molar-refractivity contribution is 4.90. The van der Waals surface area contributed by atoms with E-state index in [1.165, 1.54) is 0 Å². The zero-order valence-corrected chi connectivity index (χ0v) is 9.15. The Balaban J connectivity index is 2.04. The van der Waals surface area contributed by atoms with Gasteiger partial charge in [-0.05, 0) is 19.8 Å². The van der Waals surface area contributed by atoms with Crippen molar-refractivity contribution in [3.63, 3.8) is 0 Å². The van der Waals surface area contributed by atoms with Gasteiger partial charge in [0.2, 0.25) is 0 Å². The third-order valence-electron chi connectivity index (χ3n) is 3.75. The normalized spacial score (nSPS) is 39.0. The Hall–Kier alpha value is -0.120. The summed E-state index contributed by atoms with van der Waals surface area (Å²) >= 11 is 0. The van der Waals surface area contributed by atoms with Crippen LogP contribution in [-0.2, 0) is 4.74 Å². The second-order valence-corrected chi connectivity index (χ2v) is 4.95. The minimum absolute atomic E-state index is 0.338. The number of ether oxygens (including phenoxy) is 1. The summed E-state index contributed by atoms with van der Waals surface area (Å²) in [5.74, 6) is 1.59. The number of rotatable bonds is 2. The van der Waals surface area contributed by atoms with Gasteiger partial charge in [0, 0.05) is 37.6 Å². The van der Waals surface area contributed by atoms with Crippen LogP contribution in [0.1, 0.15) is 13.8 Å². The van der Waals surface area contributed by atoms with E-state index in [4.69, 9.17) is 4.74 Å². The van der Waals surface area contributed by atoms with Crippen molar-refractivity contribution in [1.82, 2.24) is 4.90 Å². The molecule has 0 aromatic carbocycles. The molecule has 0 radical (unpaired) electrons. The van der Waals surface area contributed by atoms with Gasteiger partial charge in [0.1, 0.15) is 0 Å². The number of fused-ring (bicyclic) bond motifs is 2. The van der Waals surface area contributed by atoms with Gasteiger partial charge in [-0.2, -0.15) is 0 Å². The van der Waals surface area contributed by atoms with Gasteiger partial charge in [0.25, 0.3) is 0 Å². The van der Waals surface area contributed by atoms with E-state index in [0.717, 1.165) is 26.3 Å². The number of hydrogen-bond acceptors (Lipinski definition) is 3. The summed E-state index contributed by atoms with van der Waals surface area (Å²) in [5.41, 5.74) is 0. The van der Waals surface area contributed by atoms with Gasteiger partial charge in [-0.15, -0.1) is 0 Å². The summed E-state index contributed by atoms with van der Waals surface area (Å²) < 4.78 is 5.56. The molecule has 2 heterocycles. The van der Waals surface area contributed by atoms with Gasteiger partial charge in [-0.1, -0.05) is 0 Å². The maximum absolute atomic E-state index is 9.35. The molecule has 0 aromatic rings. The zero-order valence-electron chi connectivity index (χ0n) is 9.15. The lowest BCUT2D eigenvalue weighted by atomic mass is 9.77. The molecule has 2 fully saturated rings. The number of likely N-dealkylation sites (tertiary alicyclic amines) is 1. The summed E-state index contributed by atoms with van der Waals surface area (Å²) in [4.78, 5) is 2.52. The molecule has 3 heteroatoms. The SMILES string of the molecule is CC(C)N1CC2COCC(C1)C2CO. The molecule has 2 aliphatic rings. The lowest BCUT2D eigenvalue weighted by Crippen LogP contribution is -2.55. The van der Waals surface area contributed by atoms with E-state index in [2.05, 4.69) is 18.7 Å². The Labute approximate surface area is 86.0 Å². The zero-order chi connectivity index (χ0) is 10.1. The van der Waals surface area contributed by atoms with Crippen LogP contribution < -0.4 is 0 Å². The Morgan fingerprint density at radius 2 is 1.86 bits per heavy atom. The molecule has 1 N–H and O–H groups in total. The van der Waals surface area contributed by atoms with E-state index in [9.17, 15) is 5.11 Å². The first-order valence-electron chi connectivity index (χ1n) is 5.65. The van der Waals surface area contributed by atoms with Crippen LogP contribution in [0.2, 0.25) is 0 Å². The van der Waals surface area contributed by atoms with E-state index >= 15 is 0 Å². The molecular formula is C11H21NO2. The van der Waals surface area contributed by atoms with Crippen molar-refractivity contribution in [2.75, 3.05) is 32.9 Å². The van der Waals surface area contributed by atoms with Gasteiger partial charge < -0.3 is 14.7 Å². The van der Waals surface area contributed by atoms with Crippen molar-refractivity contribution in [2.45, 2.75) is 19.9 Å². The lowest BCUT2D eigenvalue weighted by Gasteiger charge is -2.47. The number of aliphatic hydroxyl groups excluding tert-OH is 1. The molecule has 2 bridgehead atoms. The predicted molar refractivity (Wildman–Crippen MR) is 55.1 cm³/mol. The fraction of sp³-hybridized carbons (Fsp3) is 1.00. The van der Waals surface area contributed by atoms with Crippen LogP contribution in [0.4, 0.5) is 0 Å². The molecule has 3 nitrogen and oxygen atoms in total. The van der Waals surface area contributed by atoms with Crippen LogP contribution in [-0.4, -0.2) is 49.0 Å². The van der Waals surface area contributed by atoms with Crippen LogP contribution >= 0.6 is 0 Å². The van der Waals surface area contributed by atoms with Crippen molar-refractivity contribution in [1.29, 1.82) is 0 Å². The molecule has 0 aliphatic carbocycles. The standard InChI is InChI=1S/C11H21NO2/c1-8(2)12-3-9-6-14-7-10(4-12)11(9)5-13/h8-11,13H,3-7H2,1-2H3. The molecule has 0 amide bonds. The lowest BCUT2D eigenvalue weighted by molar-refractivity contribution is -0.103. The van der Waals surface area contributed by atoms with Crippen molar-refractivity contribution >= 4 is 0 Å². The monoisotopic (exact) mass is 199 g/mol. The van der Waals surface area contributed by atoms with Gasteiger partial charge in [-0.25, -0.2) is 0 Å². The van der Waals surface area contributed by atoms with E-state index in [1.54, 1.807) is 0 Å². The molecule has 0 spiro atoms. The van der Waals surface area contributed by atoms with Crippen molar-refractivity contribution in [3.05, 3.63) is 0 Å². The first-order valence-corrected chi connectivity index (χ1v) is 5.65. The summed E-state index contributed by atoms with van der Waals surface area (Å²) in [7, 11) is 0. The largest absolute Gasteiger partial charge is 0.396 e. The summed E-state index contributed by atoms with van der Waals surface area (Å²) in [6.45, 7) is 8.70. The van der Waals surface area contributed by atoms with Gasteiger partial charge in [0.05, 0.1) is 13.2 Å². The third-order valence-corrected chi connectivity index (χ3v) is 3.75. The van der Waals surface area contributed by atoms with Crippen molar-refractivity contribution < 1.29 is 9.84 Å². The highest BCUT2D eigenvalue weighted by atomic mass is 16.5. The second-order valence-electron chi connectivity index (χ2n) is 4.95. The Bertz CT molecular complexity index is 182. The molecule has 0 aromatic heterocycles.